The van der Waals surface area contributed by atoms with Gasteiger partial charge < -0.3 is 9.47 Å². The van der Waals surface area contributed by atoms with Gasteiger partial charge in [-0.3, -0.25) is 0 Å². The molecule has 0 bridgehead atoms. The van der Waals surface area contributed by atoms with E-state index < -0.39 is 10.0 Å². The van der Waals surface area contributed by atoms with Crippen LogP contribution >= 0.6 is 11.8 Å². The standard InChI is InChI=1S/C17H20N2O4S2/c20-25(21,19-8-10-22-11-9-19)16-6-7-17(18-14-16)24-13-12-23-15-4-2-1-3-5-15/h1-7,14H,8-13H2. The monoisotopic (exact) mass is 380 g/mol. The highest BCUT2D eigenvalue weighted by Gasteiger charge is 2.26. The largest absolute Gasteiger partial charge is 0.493 e. The second-order valence-corrected chi connectivity index (χ2v) is 8.41. The predicted molar refractivity (Wildman–Crippen MR) is 96.5 cm³/mol. The van der Waals surface area contributed by atoms with Gasteiger partial charge in [0.25, 0.3) is 0 Å². The number of hydrogen-bond donors (Lipinski definition) is 0. The second kappa shape index (κ2) is 8.66. The third-order valence-corrected chi connectivity index (χ3v) is 6.45. The highest BCUT2D eigenvalue weighted by atomic mass is 32.2. The Labute approximate surface area is 152 Å². The van der Waals surface area contributed by atoms with E-state index in [0.29, 0.717) is 32.9 Å². The number of hydrogen-bond acceptors (Lipinski definition) is 6. The first-order chi connectivity index (χ1) is 12.2. The minimum absolute atomic E-state index is 0.222. The quantitative estimate of drug-likeness (QED) is 0.542. The zero-order chi connectivity index (χ0) is 17.5. The van der Waals surface area contributed by atoms with Crippen molar-refractivity contribution in [3.8, 4) is 5.75 Å². The van der Waals surface area contributed by atoms with Crippen LogP contribution in [0.25, 0.3) is 0 Å². The molecule has 6 nitrogen and oxygen atoms in total. The summed E-state index contributed by atoms with van der Waals surface area (Å²) >= 11 is 1.53. The zero-order valence-corrected chi connectivity index (χ0v) is 15.3. The molecule has 0 atom stereocenters. The molecule has 3 rings (SSSR count). The highest BCUT2D eigenvalue weighted by Crippen LogP contribution is 2.20. The Morgan fingerprint density at radius 2 is 1.88 bits per heavy atom. The number of ether oxygens (including phenoxy) is 2. The van der Waals surface area contributed by atoms with Crippen LogP contribution < -0.4 is 4.74 Å². The molecule has 0 unspecified atom stereocenters. The molecule has 0 N–H and O–H groups in total. The normalized spacial score (nSPS) is 15.8. The molecular weight excluding hydrogens is 360 g/mol. The molecule has 0 saturated carbocycles. The maximum Gasteiger partial charge on any atom is 0.244 e. The lowest BCUT2D eigenvalue weighted by molar-refractivity contribution is 0.0730. The molecule has 134 valence electrons. The van der Waals surface area contributed by atoms with Crippen LogP contribution in [0.4, 0.5) is 0 Å². The summed E-state index contributed by atoms with van der Waals surface area (Å²) in [7, 11) is -3.48. The molecular formula is C17H20N2O4S2. The van der Waals surface area contributed by atoms with Crippen LogP contribution in [-0.2, 0) is 14.8 Å². The van der Waals surface area contributed by atoms with Gasteiger partial charge in [-0.2, -0.15) is 4.31 Å². The number of thioether (sulfide) groups is 1. The Bertz CT molecular complexity index is 761. The number of morpholine rings is 1. The van der Waals surface area contributed by atoms with Gasteiger partial charge in [0.2, 0.25) is 10.0 Å². The van der Waals surface area contributed by atoms with Crippen molar-refractivity contribution in [3.63, 3.8) is 0 Å². The van der Waals surface area contributed by atoms with Crippen molar-refractivity contribution in [3.05, 3.63) is 48.7 Å². The molecule has 1 aliphatic rings. The molecule has 1 aromatic heterocycles. The average Bonchev–Trinajstić information content (AvgIpc) is 2.67. The average molecular weight is 380 g/mol. The van der Waals surface area contributed by atoms with Crippen molar-refractivity contribution < 1.29 is 17.9 Å². The van der Waals surface area contributed by atoms with Crippen molar-refractivity contribution in [2.75, 3.05) is 38.7 Å². The van der Waals surface area contributed by atoms with E-state index >= 15 is 0 Å². The van der Waals surface area contributed by atoms with Crippen LogP contribution in [-0.4, -0.2) is 56.4 Å². The fourth-order valence-corrected chi connectivity index (χ4v) is 4.38. The first-order valence-electron chi connectivity index (χ1n) is 8.01. The van der Waals surface area contributed by atoms with Crippen molar-refractivity contribution in [1.29, 1.82) is 0 Å². The number of aromatic nitrogens is 1. The second-order valence-electron chi connectivity index (χ2n) is 5.36. The summed E-state index contributed by atoms with van der Waals surface area (Å²) in [4.78, 5) is 4.48. The predicted octanol–water partition coefficient (Wildman–Crippen LogP) is 2.27. The third kappa shape index (κ3) is 4.94. The third-order valence-electron chi connectivity index (χ3n) is 3.66. The number of nitrogens with zero attached hydrogens (tertiary/aromatic N) is 2. The van der Waals surface area contributed by atoms with Crippen molar-refractivity contribution in [2.45, 2.75) is 9.92 Å². The van der Waals surface area contributed by atoms with Gasteiger partial charge in [0.15, 0.2) is 0 Å². The molecule has 0 radical (unpaired) electrons. The lowest BCUT2D eigenvalue weighted by Gasteiger charge is -2.25. The molecule has 0 aliphatic carbocycles. The Kier molecular flexibility index (Phi) is 6.30. The summed E-state index contributed by atoms with van der Waals surface area (Å²) in [6, 6.07) is 13.0. The van der Waals surface area contributed by atoms with E-state index in [1.165, 1.54) is 22.3 Å². The van der Waals surface area contributed by atoms with Crippen LogP contribution in [0.3, 0.4) is 0 Å². The van der Waals surface area contributed by atoms with Crippen molar-refractivity contribution in [1.82, 2.24) is 9.29 Å². The van der Waals surface area contributed by atoms with E-state index in [2.05, 4.69) is 4.98 Å². The van der Waals surface area contributed by atoms with Gasteiger partial charge in [0.05, 0.1) is 24.8 Å². The number of rotatable bonds is 7. The molecule has 25 heavy (non-hydrogen) atoms. The van der Waals surface area contributed by atoms with Crippen molar-refractivity contribution in [2.24, 2.45) is 0 Å². The van der Waals surface area contributed by atoms with Crippen LogP contribution in [0.1, 0.15) is 0 Å². The van der Waals surface area contributed by atoms with E-state index in [4.69, 9.17) is 9.47 Å². The highest BCUT2D eigenvalue weighted by molar-refractivity contribution is 7.99. The molecule has 2 heterocycles. The Morgan fingerprint density at radius 1 is 1.12 bits per heavy atom. The number of pyridine rings is 1. The number of benzene rings is 1. The zero-order valence-electron chi connectivity index (χ0n) is 13.7. The molecule has 1 aliphatic heterocycles. The lowest BCUT2D eigenvalue weighted by Crippen LogP contribution is -2.40. The molecule has 0 amide bonds. The van der Waals surface area contributed by atoms with Gasteiger partial charge >= 0.3 is 0 Å². The molecule has 0 spiro atoms. The topological polar surface area (TPSA) is 68.7 Å². The van der Waals surface area contributed by atoms with E-state index in [1.54, 1.807) is 12.1 Å². The van der Waals surface area contributed by atoms with Gasteiger partial charge in [-0.05, 0) is 24.3 Å². The summed E-state index contributed by atoms with van der Waals surface area (Å²) in [5.74, 6) is 1.57. The lowest BCUT2D eigenvalue weighted by atomic mass is 10.3. The van der Waals surface area contributed by atoms with Crippen LogP contribution in [0.5, 0.6) is 5.75 Å². The Hall–Kier alpha value is -1.61. The van der Waals surface area contributed by atoms with E-state index in [9.17, 15) is 8.42 Å². The Morgan fingerprint density at radius 3 is 2.56 bits per heavy atom. The molecule has 8 heteroatoms. The number of sulfonamides is 1. The van der Waals surface area contributed by atoms with E-state index in [-0.39, 0.29) is 4.90 Å². The summed E-state index contributed by atoms with van der Waals surface area (Å²) in [5, 5.41) is 0.776. The maximum atomic E-state index is 12.5. The van der Waals surface area contributed by atoms with E-state index in [0.717, 1.165) is 16.5 Å². The smallest absolute Gasteiger partial charge is 0.244 e. The van der Waals surface area contributed by atoms with Crippen LogP contribution in [0.15, 0.2) is 58.6 Å². The fraction of sp³-hybridized carbons (Fsp3) is 0.353. The minimum atomic E-state index is -3.48. The maximum absolute atomic E-state index is 12.5. The summed E-state index contributed by atoms with van der Waals surface area (Å²) in [5.41, 5.74) is 0. The van der Waals surface area contributed by atoms with E-state index in [1.807, 2.05) is 30.3 Å². The SMILES string of the molecule is O=S(=O)(c1ccc(SCCOc2ccccc2)nc1)N1CCOCC1. The summed E-state index contributed by atoms with van der Waals surface area (Å²) in [6.07, 6.45) is 1.42. The Balaban J connectivity index is 1.51. The molecule has 1 saturated heterocycles. The molecule has 1 aromatic carbocycles. The fourth-order valence-electron chi connectivity index (χ4n) is 2.36. The summed E-state index contributed by atoms with van der Waals surface area (Å²) in [6.45, 7) is 2.19. The molecule has 2 aromatic rings. The molecule has 1 fully saturated rings. The minimum Gasteiger partial charge on any atom is -0.493 e. The first-order valence-corrected chi connectivity index (χ1v) is 10.4. The van der Waals surface area contributed by atoms with Crippen LogP contribution in [0.2, 0.25) is 0 Å². The van der Waals surface area contributed by atoms with Crippen LogP contribution in [0, 0.1) is 0 Å². The van der Waals surface area contributed by atoms with Gasteiger partial charge in [-0.1, -0.05) is 18.2 Å². The number of para-hydroxylation sites is 1. The van der Waals surface area contributed by atoms with Crippen molar-refractivity contribution >= 4 is 21.8 Å². The van der Waals surface area contributed by atoms with Gasteiger partial charge in [-0.25, -0.2) is 13.4 Å². The van der Waals surface area contributed by atoms with Gasteiger partial charge in [0.1, 0.15) is 10.6 Å². The van der Waals surface area contributed by atoms with Gasteiger partial charge in [0, 0.05) is 25.0 Å². The first kappa shape index (κ1) is 18.2. The van der Waals surface area contributed by atoms with Gasteiger partial charge in [-0.15, -0.1) is 11.8 Å². The summed E-state index contributed by atoms with van der Waals surface area (Å²) < 4.78 is 37.3.